The Morgan fingerprint density at radius 2 is 1.86 bits per heavy atom. The van der Waals surface area contributed by atoms with Crippen molar-refractivity contribution >= 4 is 0 Å². The Kier molecular flexibility index (Phi) is 4.14. The Hall–Kier alpha value is -2.14. The van der Waals surface area contributed by atoms with E-state index in [0.29, 0.717) is 5.69 Å². The maximum atomic E-state index is 11.7. The van der Waals surface area contributed by atoms with E-state index < -0.39 is 5.60 Å². The molecule has 0 saturated carbocycles. The number of nitrogens with one attached hydrogen (secondary N) is 1. The van der Waals surface area contributed by atoms with Crippen LogP contribution in [-0.4, -0.2) is 21.4 Å². The summed E-state index contributed by atoms with van der Waals surface area (Å²) in [5.41, 5.74) is 0.128. The van der Waals surface area contributed by atoms with Gasteiger partial charge in [-0.2, -0.15) is 5.10 Å². The molecule has 0 radical (unpaired) electrons. The molecule has 0 atom stereocenters. The first-order valence-corrected chi connectivity index (χ1v) is 6.87. The summed E-state index contributed by atoms with van der Waals surface area (Å²) in [6.07, 6.45) is 0.115. The highest BCUT2D eigenvalue weighted by atomic mass is 16.5. The quantitative estimate of drug-likeness (QED) is 0.906. The fourth-order valence-electron chi connectivity index (χ4n) is 1.98. The number of nitrogens with zero attached hydrogens (tertiary/aromatic N) is 1. The van der Waals surface area contributed by atoms with Crippen LogP contribution in [0.15, 0.2) is 35.1 Å². The summed E-state index contributed by atoms with van der Waals surface area (Å²) in [5.74, 6) is 0.779. The molecule has 2 aromatic rings. The summed E-state index contributed by atoms with van der Waals surface area (Å²) in [5, 5.41) is 16.5. The lowest BCUT2D eigenvalue weighted by molar-refractivity contribution is 0.0769. The van der Waals surface area contributed by atoms with Crippen LogP contribution >= 0.6 is 0 Å². The van der Waals surface area contributed by atoms with Crippen molar-refractivity contribution in [1.82, 2.24) is 10.2 Å². The van der Waals surface area contributed by atoms with Crippen molar-refractivity contribution in [3.63, 3.8) is 0 Å². The smallest absolute Gasteiger partial charge is 0.270 e. The third-order valence-corrected chi connectivity index (χ3v) is 2.98. The fourth-order valence-corrected chi connectivity index (χ4v) is 1.98. The molecule has 0 aliphatic rings. The zero-order valence-corrected chi connectivity index (χ0v) is 12.7. The van der Waals surface area contributed by atoms with Crippen LogP contribution in [0.25, 0.3) is 11.3 Å². The number of H-pyrrole nitrogens is 1. The second-order valence-corrected chi connectivity index (χ2v) is 5.75. The first-order valence-electron chi connectivity index (χ1n) is 6.87. The minimum Gasteiger partial charge on any atom is -0.491 e. The molecule has 0 saturated heterocycles. The minimum absolute atomic E-state index is 0.115. The van der Waals surface area contributed by atoms with Crippen LogP contribution in [0.4, 0.5) is 0 Å². The summed E-state index contributed by atoms with van der Waals surface area (Å²) in [7, 11) is 0. The molecular formula is C16H20N2O3. The highest BCUT2D eigenvalue weighted by Crippen LogP contribution is 2.23. The maximum Gasteiger partial charge on any atom is 0.270 e. The second kappa shape index (κ2) is 5.69. The first kappa shape index (κ1) is 15.3. The predicted octanol–water partition coefficient (Wildman–Crippen LogP) is 2.45. The molecule has 1 aromatic heterocycles. The Labute approximate surface area is 123 Å². The number of aromatic amines is 1. The molecule has 5 nitrogen and oxygen atoms in total. The van der Waals surface area contributed by atoms with Crippen LogP contribution in [0.5, 0.6) is 5.75 Å². The van der Waals surface area contributed by atoms with E-state index in [-0.39, 0.29) is 17.2 Å². The molecule has 21 heavy (non-hydrogen) atoms. The van der Waals surface area contributed by atoms with E-state index in [1.807, 2.05) is 38.1 Å². The highest BCUT2D eigenvalue weighted by molar-refractivity contribution is 5.60. The van der Waals surface area contributed by atoms with E-state index >= 15 is 0 Å². The zero-order valence-electron chi connectivity index (χ0n) is 12.7. The summed E-state index contributed by atoms with van der Waals surface area (Å²) in [6, 6.07) is 9.05. The standard InChI is InChI=1S/C16H20N2O3/c1-10(2)21-12-7-5-11(6-8-12)14-9-13(16(3,4)20)15(19)18-17-14/h5-10,20H,1-4H3,(H,18,19). The van der Waals surface area contributed by atoms with Gasteiger partial charge in [-0.05, 0) is 58.0 Å². The fraction of sp³-hybridized carbons (Fsp3) is 0.375. The molecule has 2 N–H and O–H groups in total. The Balaban J connectivity index is 2.36. The van der Waals surface area contributed by atoms with Crippen molar-refractivity contribution in [1.29, 1.82) is 0 Å². The van der Waals surface area contributed by atoms with Gasteiger partial charge in [-0.1, -0.05) is 0 Å². The molecule has 0 amide bonds. The molecule has 5 heteroatoms. The summed E-state index contributed by atoms with van der Waals surface area (Å²) >= 11 is 0. The number of benzene rings is 1. The van der Waals surface area contributed by atoms with Gasteiger partial charge in [-0.3, -0.25) is 4.79 Å². The molecule has 2 rings (SSSR count). The zero-order chi connectivity index (χ0) is 15.6. The van der Waals surface area contributed by atoms with E-state index in [1.165, 1.54) is 0 Å². The average Bonchev–Trinajstić information content (AvgIpc) is 2.38. The van der Waals surface area contributed by atoms with Crippen molar-refractivity contribution in [2.24, 2.45) is 0 Å². The normalized spacial score (nSPS) is 11.7. The van der Waals surface area contributed by atoms with Crippen molar-refractivity contribution in [3.8, 4) is 17.0 Å². The SMILES string of the molecule is CC(C)Oc1ccc(-c2cc(C(C)(C)O)c(=O)[nH]n2)cc1. The van der Waals surface area contributed by atoms with Crippen LogP contribution in [-0.2, 0) is 5.60 Å². The van der Waals surface area contributed by atoms with Gasteiger partial charge in [0, 0.05) is 5.56 Å². The van der Waals surface area contributed by atoms with E-state index in [9.17, 15) is 9.90 Å². The van der Waals surface area contributed by atoms with E-state index in [0.717, 1.165) is 11.3 Å². The van der Waals surface area contributed by atoms with Crippen molar-refractivity contribution in [3.05, 3.63) is 46.2 Å². The van der Waals surface area contributed by atoms with Crippen LogP contribution in [0, 0.1) is 0 Å². The van der Waals surface area contributed by atoms with Crippen molar-refractivity contribution in [2.45, 2.75) is 39.4 Å². The number of hydrogen-bond donors (Lipinski definition) is 2. The molecule has 0 bridgehead atoms. The molecule has 1 heterocycles. The lowest BCUT2D eigenvalue weighted by Crippen LogP contribution is -2.27. The predicted molar refractivity (Wildman–Crippen MR) is 81.3 cm³/mol. The maximum absolute atomic E-state index is 11.7. The Morgan fingerprint density at radius 3 is 2.38 bits per heavy atom. The molecule has 0 aliphatic carbocycles. The van der Waals surface area contributed by atoms with E-state index in [2.05, 4.69) is 10.2 Å². The van der Waals surface area contributed by atoms with Crippen LogP contribution < -0.4 is 10.3 Å². The largest absolute Gasteiger partial charge is 0.491 e. The summed E-state index contributed by atoms with van der Waals surface area (Å²) in [4.78, 5) is 11.7. The minimum atomic E-state index is -1.22. The number of aliphatic hydroxyl groups is 1. The molecule has 112 valence electrons. The highest BCUT2D eigenvalue weighted by Gasteiger charge is 2.21. The molecular weight excluding hydrogens is 268 g/mol. The number of aromatic nitrogens is 2. The third-order valence-electron chi connectivity index (χ3n) is 2.98. The van der Waals surface area contributed by atoms with Crippen LogP contribution in [0.1, 0.15) is 33.3 Å². The van der Waals surface area contributed by atoms with Gasteiger partial charge in [0.25, 0.3) is 5.56 Å². The van der Waals surface area contributed by atoms with Gasteiger partial charge in [0.1, 0.15) is 5.75 Å². The summed E-state index contributed by atoms with van der Waals surface area (Å²) < 4.78 is 5.58. The van der Waals surface area contributed by atoms with E-state index in [1.54, 1.807) is 19.9 Å². The average molecular weight is 288 g/mol. The van der Waals surface area contributed by atoms with Crippen molar-refractivity contribution in [2.75, 3.05) is 0 Å². The second-order valence-electron chi connectivity index (χ2n) is 5.75. The Morgan fingerprint density at radius 1 is 1.24 bits per heavy atom. The number of rotatable bonds is 4. The van der Waals surface area contributed by atoms with Gasteiger partial charge in [0.15, 0.2) is 0 Å². The van der Waals surface area contributed by atoms with E-state index in [4.69, 9.17) is 4.74 Å². The molecule has 1 aromatic carbocycles. The lowest BCUT2D eigenvalue weighted by Gasteiger charge is -2.17. The van der Waals surface area contributed by atoms with Gasteiger partial charge >= 0.3 is 0 Å². The number of hydrogen-bond acceptors (Lipinski definition) is 4. The summed E-state index contributed by atoms with van der Waals surface area (Å²) in [6.45, 7) is 7.07. The number of ether oxygens (including phenoxy) is 1. The molecule has 0 spiro atoms. The first-order chi connectivity index (χ1) is 9.77. The monoisotopic (exact) mass is 288 g/mol. The van der Waals surface area contributed by atoms with Gasteiger partial charge in [0.2, 0.25) is 0 Å². The van der Waals surface area contributed by atoms with Crippen molar-refractivity contribution < 1.29 is 9.84 Å². The van der Waals surface area contributed by atoms with Gasteiger partial charge in [0.05, 0.1) is 23.0 Å². The topological polar surface area (TPSA) is 75.2 Å². The third kappa shape index (κ3) is 3.70. The molecule has 0 unspecified atom stereocenters. The van der Waals surface area contributed by atoms with Crippen LogP contribution in [0.3, 0.4) is 0 Å². The van der Waals surface area contributed by atoms with Gasteiger partial charge in [-0.25, -0.2) is 5.10 Å². The van der Waals surface area contributed by atoms with Gasteiger partial charge in [-0.15, -0.1) is 0 Å². The van der Waals surface area contributed by atoms with Crippen LogP contribution in [0.2, 0.25) is 0 Å². The van der Waals surface area contributed by atoms with Gasteiger partial charge < -0.3 is 9.84 Å². The lowest BCUT2D eigenvalue weighted by atomic mass is 9.98. The molecule has 0 fully saturated rings. The Bertz CT molecular complexity index is 667. The molecule has 0 aliphatic heterocycles.